The quantitative estimate of drug-likeness (QED) is 0.560. The van der Waals surface area contributed by atoms with Gasteiger partial charge in [0.15, 0.2) is 0 Å². The summed E-state index contributed by atoms with van der Waals surface area (Å²) in [6, 6.07) is 14.2. The maximum Gasteiger partial charge on any atom is 0.293 e. The van der Waals surface area contributed by atoms with Crippen LogP contribution < -0.4 is 0 Å². The van der Waals surface area contributed by atoms with E-state index in [0.29, 0.717) is 27.2 Å². The van der Waals surface area contributed by atoms with E-state index >= 15 is 0 Å². The van der Waals surface area contributed by atoms with E-state index < -0.39 is 0 Å². The van der Waals surface area contributed by atoms with Gasteiger partial charge in [0.1, 0.15) is 17.3 Å². The Hall–Kier alpha value is -2.70. The number of thioether (sulfide) groups is 1. The van der Waals surface area contributed by atoms with Crippen LogP contribution in [0.2, 0.25) is 5.02 Å². The van der Waals surface area contributed by atoms with E-state index in [0.717, 1.165) is 22.2 Å². The van der Waals surface area contributed by atoms with Gasteiger partial charge in [-0.25, -0.2) is 0 Å². The van der Waals surface area contributed by atoms with Crippen LogP contribution in [-0.2, 0) is 11.3 Å². The first kappa shape index (κ1) is 16.8. The van der Waals surface area contributed by atoms with Gasteiger partial charge in [0.25, 0.3) is 11.1 Å². The van der Waals surface area contributed by atoms with Gasteiger partial charge in [-0.2, -0.15) is 0 Å². The van der Waals surface area contributed by atoms with Gasteiger partial charge >= 0.3 is 0 Å². The molecule has 0 spiro atoms. The number of carbonyl (C=O) groups is 2. The molecule has 2 amide bonds. The molecule has 0 radical (unpaired) electrons. The molecule has 5 nitrogen and oxygen atoms in total. The number of furan rings is 2. The molecule has 0 atom stereocenters. The standard InChI is InChI=1S/C19H12ClNO4S/c20-13-5-3-12(4-6-13)16-8-7-14(25-16)10-17-18(22)21(19(23)26-17)11-15-2-1-9-24-15/h1-10H,11H2/b17-10+. The molecule has 1 aliphatic heterocycles. The number of imide groups is 1. The van der Waals surface area contributed by atoms with Crippen molar-refractivity contribution >= 4 is 40.6 Å². The van der Waals surface area contributed by atoms with Crippen LogP contribution in [0.1, 0.15) is 11.5 Å². The predicted octanol–water partition coefficient (Wildman–Crippen LogP) is 5.43. The molecule has 7 heteroatoms. The third kappa shape index (κ3) is 3.34. The lowest BCUT2D eigenvalue weighted by Gasteiger charge is -2.09. The summed E-state index contributed by atoms with van der Waals surface area (Å²) in [4.78, 5) is 26.1. The number of hydrogen-bond acceptors (Lipinski definition) is 5. The molecule has 26 heavy (non-hydrogen) atoms. The van der Waals surface area contributed by atoms with Crippen molar-refractivity contribution in [3.05, 3.63) is 76.2 Å². The normalized spacial score (nSPS) is 16.0. The molecule has 0 saturated carbocycles. The Morgan fingerprint density at radius 1 is 1.08 bits per heavy atom. The monoisotopic (exact) mass is 385 g/mol. The average molecular weight is 386 g/mol. The second-order valence-electron chi connectivity index (χ2n) is 5.56. The highest BCUT2D eigenvalue weighted by Gasteiger charge is 2.35. The first-order valence-electron chi connectivity index (χ1n) is 7.74. The minimum atomic E-state index is -0.360. The summed E-state index contributed by atoms with van der Waals surface area (Å²) < 4.78 is 11.0. The maximum atomic E-state index is 12.5. The van der Waals surface area contributed by atoms with Crippen molar-refractivity contribution < 1.29 is 18.4 Å². The highest BCUT2D eigenvalue weighted by molar-refractivity contribution is 8.18. The van der Waals surface area contributed by atoms with Crippen molar-refractivity contribution in [3.63, 3.8) is 0 Å². The number of hydrogen-bond donors (Lipinski definition) is 0. The molecular formula is C19H12ClNO4S. The van der Waals surface area contributed by atoms with Crippen LogP contribution in [-0.4, -0.2) is 16.0 Å². The Labute approximate surface area is 158 Å². The Morgan fingerprint density at radius 2 is 1.88 bits per heavy atom. The van der Waals surface area contributed by atoms with Crippen molar-refractivity contribution in [1.29, 1.82) is 0 Å². The topological polar surface area (TPSA) is 63.7 Å². The fraction of sp³-hybridized carbons (Fsp3) is 0.0526. The molecule has 130 valence electrons. The van der Waals surface area contributed by atoms with E-state index in [9.17, 15) is 9.59 Å². The van der Waals surface area contributed by atoms with Gasteiger partial charge in [-0.15, -0.1) is 0 Å². The number of rotatable bonds is 4. The first-order chi connectivity index (χ1) is 12.6. The van der Waals surface area contributed by atoms with E-state index in [1.165, 1.54) is 6.26 Å². The van der Waals surface area contributed by atoms with Crippen molar-refractivity contribution in [1.82, 2.24) is 4.90 Å². The zero-order valence-electron chi connectivity index (χ0n) is 13.3. The second kappa shape index (κ2) is 6.90. The third-order valence-corrected chi connectivity index (χ3v) is 4.96. The van der Waals surface area contributed by atoms with Gasteiger partial charge < -0.3 is 8.83 Å². The van der Waals surface area contributed by atoms with Gasteiger partial charge in [0.05, 0.1) is 17.7 Å². The first-order valence-corrected chi connectivity index (χ1v) is 8.93. The van der Waals surface area contributed by atoms with Crippen LogP contribution in [0.4, 0.5) is 4.79 Å². The SMILES string of the molecule is O=C1S/C(=C/c2ccc(-c3ccc(Cl)cc3)o2)C(=O)N1Cc1ccco1. The maximum absolute atomic E-state index is 12.5. The van der Waals surface area contributed by atoms with E-state index in [1.807, 2.05) is 18.2 Å². The van der Waals surface area contributed by atoms with Crippen molar-refractivity contribution in [2.45, 2.75) is 6.54 Å². The van der Waals surface area contributed by atoms with E-state index in [-0.39, 0.29) is 17.7 Å². The molecule has 3 aromatic rings. The molecule has 1 fully saturated rings. The summed E-state index contributed by atoms with van der Waals surface area (Å²) in [7, 11) is 0. The molecule has 0 bridgehead atoms. The Kier molecular flexibility index (Phi) is 4.44. The van der Waals surface area contributed by atoms with Gasteiger partial charge in [0, 0.05) is 16.7 Å². The molecule has 1 aromatic carbocycles. The second-order valence-corrected chi connectivity index (χ2v) is 6.99. The summed E-state index contributed by atoms with van der Waals surface area (Å²) in [5, 5.41) is 0.313. The molecule has 4 rings (SSSR count). The highest BCUT2D eigenvalue weighted by Crippen LogP contribution is 2.34. The minimum Gasteiger partial charge on any atom is -0.467 e. The summed E-state index contributed by atoms with van der Waals surface area (Å²) in [5.41, 5.74) is 0.875. The van der Waals surface area contributed by atoms with Crippen LogP contribution in [0.5, 0.6) is 0 Å². The molecule has 1 saturated heterocycles. The smallest absolute Gasteiger partial charge is 0.293 e. The Balaban J connectivity index is 1.54. The number of nitrogens with zero attached hydrogens (tertiary/aromatic N) is 1. The molecule has 0 N–H and O–H groups in total. The highest BCUT2D eigenvalue weighted by atomic mass is 35.5. The fourth-order valence-corrected chi connectivity index (χ4v) is 3.47. The number of carbonyl (C=O) groups excluding carboxylic acids is 2. The van der Waals surface area contributed by atoms with Crippen LogP contribution in [0.25, 0.3) is 17.4 Å². The minimum absolute atomic E-state index is 0.114. The van der Waals surface area contributed by atoms with Crippen LogP contribution in [0.15, 0.2) is 68.5 Å². The van der Waals surface area contributed by atoms with Crippen molar-refractivity contribution in [2.75, 3.05) is 0 Å². The molecule has 2 aromatic heterocycles. The lowest BCUT2D eigenvalue weighted by molar-refractivity contribution is -0.123. The fourth-order valence-electron chi connectivity index (χ4n) is 2.52. The van der Waals surface area contributed by atoms with E-state index in [2.05, 4.69) is 0 Å². The van der Waals surface area contributed by atoms with E-state index in [4.69, 9.17) is 20.4 Å². The molecule has 3 heterocycles. The van der Waals surface area contributed by atoms with Crippen molar-refractivity contribution in [2.24, 2.45) is 0 Å². The van der Waals surface area contributed by atoms with Crippen LogP contribution in [0, 0.1) is 0 Å². The predicted molar refractivity (Wildman–Crippen MR) is 99.4 cm³/mol. The average Bonchev–Trinajstić information content (AvgIpc) is 3.35. The number of amides is 2. The summed E-state index contributed by atoms with van der Waals surface area (Å²) in [5.74, 6) is 1.35. The summed E-state index contributed by atoms with van der Waals surface area (Å²) in [6.07, 6.45) is 3.08. The van der Waals surface area contributed by atoms with Crippen LogP contribution >= 0.6 is 23.4 Å². The van der Waals surface area contributed by atoms with Gasteiger partial charge in [-0.05, 0) is 60.3 Å². The van der Waals surface area contributed by atoms with Gasteiger partial charge in [-0.1, -0.05) is 11.6 Å². The van der Waals surface area contributed by atoms with E-state index in [1.54, 1.807) is 36.4 Å². The summed E-state index contributed by atoms with van der Waals surface area (Å²) in [6.45, 7) is 0.114. The lowest BCUT2D eigenvalue weighted by atomic mass is 10.2. The molecule has 0 aliphatic carbocycles. The molecule has 0 unspecified atom stereocenters. The Bertz CT molecular complexity index is 989. The van der Waals surface area contributed by atoms with Gasteiger partial charge in [-0.3, -0.25) is 14.5 Å². The third-order valence-electron chi connectivity index (χ3n) is 3.80. The molecule has 1 aliphatic rings. The zero-order valence-corrected chi connectivity index (χ0v) is 14.9. The summed E-state index contributed by atoms with van der Waals surface area (Å²) >= 11 is 6.77. The number of benzene rings is 1. The lowest BCUT2D eigenvalue weighted by Crippen LogP contribution is -2.27. The zero-order chi connectivity index (χ0) is 18.1. The largest absolute Gasteiger partial charge is 0.467 e. The van der Waals surface area contributed by atoms with Crippen molar-refractivity contribution in [3.8, 4) is 11.3 Å². The number of halogens is 1. The Morgan fingerprint density at radius 3 is 2.62 bits per heavy atom. The molecular weight excluding hydrogens is 374 g/mol. The van der Waals surface area contributed by atoms with Crippen LogP contribution in [0.3, 0.4) is 0 Å². The van der Waals surface area contributed by atoms with Gasteiger partial charge in [0.2, 0.25) is 0 Å².